The van der Waals surface area contributed by atoms with Crippen LogP contribution in [0.3, 0.4) is 0 Å². The fourth-order valence-electron chi connectivity index (χ4n) is 3.86. The molecule has 0 N–H and O–H groups in total. The van der Waals surface area contributed by atoms with E-state index in [1.807, 2.05) is 56.6 Å². The number of hydrogen-bond acceptors (Lipinski definition) is 6. The molecule has 0 amide bonds. The summed E-state index contributed by atoms with van der Waals surface area (Å²) >= 11 is 0. The molecular formula is C26H25FN6O. The van der Waals surface area contributed by atoms with E-state index in [1.54, 1.807) is 16.9 Å². The van der Waals surface area contributed by atoms with E-state index in [4.69, 9.17) is 9.72 Å². The van der Waals surface area contributed by atoms with Gasteiger partial charge in [-0.15, -0.1) is 5.10 Å². The first-order valence-corrected chi connectivity index (χ1v) is 11.2. The van der Waals surface area contributed by atoms with Gasteiger partial charge in [-0.05, 0) is 74.6 Å². The van der Waals surface area contributed by atoms with Gasteiger partial charge in [0.15, 0.2) is 17.2 Å². The first-order valence-electron chi connectivity index (χ1n) is 11.2. The molecule has 5 aromatic rings. The minimum Gasteiger partial charge on any atom is -0.490 e. The molecular weight excluding hydrogens is 431 g/mol. The van der Waals surface area contributed by atoms with Gasteiger partial charge in [0.25, 0.3) is 0 Å². The standard InChI is InChI=1S/C26H25FN6O/c1-32(2)13-4-14-34-25-11-7-20(16-21(25)27)23-9-10-24-26(29-23)33(31-30-24)17-18-6-8-22-19(15-18)5-3-12-28-22/h3,5-12,15-16H,4,13-14,17H2,1-2H3. The zero-order chi connectivity index (χ0) is 23.5. The molecule has 3 heterocycles. The van der Waals surface area contributed by atoms with Crippen LogP contribution in [0.1, 0.15) is 12.0 Å². The van der Waals surface area contributed by atoms with Crippen LogP contribution in [-0.4, -0.2) is 57.1 Å². The highest BCUT2D eigenvalue weighted by Crippen LogP contribution is 2.26. The van der Waals surface area contributed by atoms with Crippen LogP contribution in [-0.2, 0) is 6.54 Å². The number of fused-ring (bicyclic) bond motifs is 2. The Labute approximate surface area is 196 Å². The van der Waals surface area contributed by atoms with Gasteiger partial charge in [0.1, 0.15) is 5.52 Å². The van der Waals surface area contributed by atoms with Crippen molar-refractivity contribution in [3.63, 3.8) is 0 Å². The first-order chi connectivity index (χ1) is 16.6. The average molecular weight is 457 g/mol. The van der Waals surface area contributed by atoms with Crippen molar-refractivity contribution in [2.24, 2.45) is 0 Å². The summed E-state index contributed by atoms with van der Waals surface area (Å²) in [5.41, 5.74) is 4.67. The molecule has 8 heteroatoms. The summed E-state index contributed by atoms with van der Waals surface area (Å²) in [4.78, 5) is 11.2. The summed E-state index contributed by atoms with van der Waals surface area (Å²) in [5, 5.41) is 9.59. The lowest BCUT2D eigenvalue weighted by atomic mass is 10.1. The molecule has 172 valence electrons. The molecule has 34 heavy (non-hydrogen) atoms. The molecule has 2 aromatic carbocycles. The molecule has 0 aliphatic carbocycles. The Morgan fingerprint density at radius 1 is 1.00 bits per heavy atom. The quantitative estimate of drug-likeness (QED) is 0.319. The predicted molar refractivity (Wildman–Crippen MR) is 130 cm³/mol. The van der Waals surface area contributed by atoms with Crippen molar-refractivity contribution >= 4 is 22.1 Å². The number of rotatable bonds is 8. The summed E-state index contributed by atoms with van der Waals surface area (Å²) < 4.78 is 22.0. The van der Waals surface area contributed by atoms with E-state index >= 15 is 0 Å². The largest absolute Gasteiger partial charge is 0.490 e. The number of hydrogen-bond donors (Lipinski definition) is 0. The Bertz CT molecular complexity index is 1450. The maximum absolute atomic E-state index is 14.7. The number of pyridine rings is 2. The third kappa shape index (κ3) is 4.72. The molecule has 0 saturated heterocycles. The molecule has 0 saturated carbocycles. The highest BCUT2D eigenvalue weighted by Gasteiger charge is 2.12. The molecule has 0 spiro atoms. The van der Waals surface area contributed by atoms with Gasteiger partial charge in [0.2, 0.25) is 0 Å². The highest BCUT2D eigenvalue weighted by atomic mass is 19.1. The highest BCUT2D eigenvalue weighted by molar-refractivity contribution is 5.79. The van der Waals surface area contributed by atoms with Gasteiger partial charge in [0.05, 0.1) is 24.4 Å². The van der Waals surface area contributed by atoms with Crippen molar-refractivity contribution in [1.29, 1.82) is 0 Å². The Morgan fingerprint density at radius 3 is 2.74 bits per heavy atom. The second-order valence-electron chi connectivity index (χ2n) is 8.47. The lowest BCUT2D eigenvalue weighted by Crippen LogP contribution is -2.15. The topological polar surface area (TPSA) is 69.0 Å². The first kappa shape index (κ1) is 21.9. The van der Waals surface area contributed by atoms with Gasteiger partial charge in [-0.3, -0.25) is 4.98 Å². The maximum atomic E-state index is 14.7. The summed E-state index contributed by atoms with van der Waals surface area (Å²) in [7, 11) is 4.00. The predicted octanol–water partition coefficient (Wildman–Crippen LogP) is 4.56. The average Bonchev–Trinajstić information content (AvgIpc) is 3.24. The fraction of sp³-hybridized carbons (Fsp3) is 0.231. The van der Waals surface area contributed by atoms with Crippen molar-refractivity contribution in [1.82, 2.24) is 29.9 Å². The minimum absolute atomic E-state index is 0.251. The fourth-order valence-corrected chi connectivity index (χ4v) is 3.86. The smallest absolute Gasteiger partial charge is 0.179 e. The number of benzene rings is 2. The van der Waals surface area contributed by atoms with Crippen LogP contribution in [0.25, 0.3) is 33.3 Å². The van der Waals surface area contributed by atoms with E-state index in [0.717, 1.165) is 29.4 Å². The number of aromatic nitrogens is 5. The van der Waals surface area contributed by atoms with Crippen LogP contribution in [0.5, 0.6) is 5.75 Å². The van der Waals surface area contributed by atoms with Crippen molar-refractivity contribution in [2.45, 2.75) is 13.0 Å². The second kappa shape index (κ2) is 9.52. The van der Waals surface area contributed by atoms with Crippen LogP contribution in [0, 0.1) is 5.82 Å². The number of nitrogens with zero attached hydrogens (tertiary/aromatic N) is 6. The van der Waals surface area contributed by atoms with Gasteiger partial charge in [-0.1, -0.05) is 17.3 Å². The molecule has 0 unspecified atom stereocenters. The molecule has 5 rings (SSSR count). The van der Waals surface area contributed by atoms with Crippen LogP contribution in [0.4, 0.5) is 4.39 Å². The van der Waals surface area contributed by atoms with Crippen LogP contribution >= 0.6 is 0 Å². The normalized spacial score (nSPS) is 11.5. The van der Waals surface area contributed by atoms with Gasteiger partial charge < -0.3 is 9.64 Å². The van der Waals surface area contributed by atoms with E-state index in [-0.39, 0.29) is 5.75 Å². The van der Waals surface area contributed by atoms with Gasteiger partial charge >= 0.3 is 0 Å². The summed E-state index contributed by atoms with van der Waals surface area (Å²) in [6.07, 6.45) is 2.61. The summed E-state index contributed by atoms with van der Waals surface area (Å²) in [5.74, 6) is -0.151. The number of ether oxygens (including phenoxy) is 1. The van der Waals surface area contributed by atoms with E-state index < -0.39 is 5.82 Å². The Balaban J connectivity index is 1.37. The summed E-state index contributed by atoms with van der Waals surface area (Å²) in [6.45, 7) is 1.88. The Morgan fingerprint density at radius 2 is 1.88 bits per heavy atom. The molecule has 7 nitrogen and oxygen atoms in total. The maximum Gasteiger partial charge on any atom is 0.179 e. The second-order valence-corrected chi connectivity index (χ2v) is 8.47. The zero-order valence-corrected chi connectivity index (χ0v) is 19.1. The minimum atomic E-state index is -0.402. The third-order valence-electron chi connectivity index (χ3n) is 5.59. The van der Waals surface area contributed by atoms with Crippen molar-refractivity contribution < 1.29 is 9.13 Å². The molecule has 0 fully saturated rings. The van der Waals surface area contributed by atoms with Crippen molar-refractivity contribution in [3.05, 3.63) is 78.2 Å². The SMILES string of the molecule is CN(C)CCCOc1ccc(-c2ccc3nnn(Cc4ccc5ncccc5c4)c3n2)cc1F. The molecule has 3 aromatic heterocycles. The lowest BCUT2D eigenvalue weighted by molar-refractivity contribution is 0.271. The summed E-state index contributed by atoms with van der Waals surface area (Å²) in [6, 6.07) is 18.7. The van der Waals surface area contributed by atoms with Crippen molar-refractivity contribution in [2.75, 3.05) is 27.2 Å². The van der Waals surface area contributed by atoms with Crippen LogP contribution in [0.2, 0.25) is 0 Å². The van der Waals surface area contributed by atoms with E-state index in [9.17, 15) is 4.39 Å². The zero-order valence-electron chi connectivity index (χ0n) is 19.1. The Kier molecular flexibility index (Phi) is 6.14. The lowest BCUT2D eigenvalue weighted by Gasteiger charge is -2.11. The van der Waals surface area contributed by atoms with E-state index in [1.165, 1.54) is 6.07 Å². The molecule has 0 aliphatic rings. The molecule has 0 bridgehead atoms. The molecule has 0 aliphatic heterocycles. The van der Waals surface area contributed by atoms with E-state index in [2.05, 4.69) is 26.3 Å². The van der Waals surface area contributed by atoms with Crippen LogP contribution < -0.4 is 4.74 Å². The van der Waals surface area contributed by atoms with Gasteiger partial charge in [-0.2, -0.15) is 0 Å². The van der Waals surface area contributed by atoms with Gasteiger partial charge in [0, 0.05) is 23.7 Å². The van der Waals surface area contributed by atoms with Crippen molar-refractivity contribution in [3.8, 4) is 17.0 Å². The monoisotopic (exact) mass is 456 g/mol. The molecule has 0 atom stereocenters. The van der Waals surface area contributed by atoms with Crippen LogP contribution in [0.15, 0.2) is 66.9 Å². The van der Waals surface area contributed by atoms with E-state index in [0.29, 0.717) is 35.6 Å². The number of halogens is 1. The molecule has 0 radical (unpaired) electrons. The Hall–Kier alpha value is -3.91. The van der Waals surface area contributed by atoms with Gasteiger partial charge in [-0.25, -0.2) is 14.1 Å². The third-order valence-corrected chi connectivity index (χ3v) is 5.59.